The molecule has 0 aromatic carbocycles. The third-order valence-corrected chi connectivity index (χ3v) is 4.18. The molecular weight excluding hydrogens is 328 g/mol. The first-order valence-corrected chi connectivity index (χ1v) is 7.72. The van der Waals surface area contributed by atoms with Crippen LogP contribution in [-0.2, 0) is 11.3 Å². The maximum atomic E-state index is 12.0. The molecule has 1 rings (SSSR count). The number of carbonyl (C=O) groups excluding carboxylic acids is 1. The van der Waals surface area contributed by atoms with Gasteiger partial charge in [-0.3, -0.25) is 9.69 Å². The van der Waals surface area contributed by atoms with E-state index in [1.807, 2.05) is 23.4 Å². The first-order chi connectivity index (χ1) is 8.67. The summed E-state index contributed by atoms with van der Waals surface area (Å²) in [5, 5.41) is 11.7. The molecule has 0 atom stereocenters. The van der Waals surface area contributed by atoms with Gasteiger partial charge in [-0.15, -0.1) is 11.3 Å². The molecule has 1 aromatic heterocycles. The van der Waals surface area contributed by atoms with Gasteiger partial charge < -0.3 is 10.0 Å². The highest BCUT2D eigenvalue weighted by atomic mass is 79.9. The number of hydrogen-bond acceptors (Lipinski definition) is 4. The number of thiophene rings is 1. The summed E-state index contributed by atoms with van der Waals surface area (Å²) in [7, 11) is 3.64. The van der Waals surface area contributed by atoms with Crippen LogP contribution < -0.4 is 0 Å². The maximum Gasteiger partial charge on any atom is 0.236 e. The van der Waals surface area contributed by atoms with Crippen LogP contribution in [0.3, 0.4) is 0 Å². The van der Waals surface area contributed by atoms with Crippen molar-refractivity contribution < 1.29 is 9.90 Å². The van der Waals surface area contributed by atoms with E-state index in [0.29, 0.717) is 19.6 Å². The van der Waals surface area contributed by atoms with Crippen LogP contribution in [0.4, 0.5) is 0 Å². The Labute approximate surface area is 127 Å². The molecule has 0 bridgehead atoms. The van der Waals surface area contributed by atoms with Gasteiger partial charge >= 0.3 is 0 Å². The van der Waals surface area contributed by atoms with Crippen LogP contribution in [0.15, 0.2) is 15.9 Å². The van der Waals surface area contributed by atoms with Crippen molar-refractivity contribution >= 4 is 33.2 Å². The molecule has 0 aliphatic rings. The highest BCUT2D eigenvalue weighted by molar-refractivity contribution is 9.10. The van der Waals surface area contributed by atoms with E-state index in [-0.39, 0.29) is 5.91 Å². The second-order valence-electron chi connectivity index (χ2n) is 5.47. The minimum Gasteiger partial charge on any atom is -0.389 e. The molecule has 0 radical (unpaired) electrons. The average molecular weight is 349 g/mol. The molecule has 0 unspecified atom stereocenters. The molecule has 1 N–H and O–H groups in total. The minimum absolute atomic E-state index is 0.0521. The summed E-state index contributed by atoms with van der Waals surface area (Å²) in [6, 6.07) is 2.02. The lowest BCUT2D eigenvalue weighted by Gasteiger charge is -2.26. The zero-order valence-corrected chi connectivity index (χ0v) is 14.2. The fourth-order valence-electron chi connectivity index (χ4n) is 1.83. The van der Waals surface area contributed by atoms with E-state index in [1.165, 1.54) is 0 Å². The summed E-state index contributed by atoms with van der Waals surface area (Å²) >= 11 is 5.03. The van der Waals surface area contributed by atoms with Crippen molar-refractivity contribution in [3.63, 3.8) is 0 Å². The molecule has 0 fully saturated rings. The van der Waals surface area contributed by atoms with Crippen molar-refractivity contribution in [2.45, 2.75) is 26.0 Å². The Bertz CT molecular complexity index is 429. The molecule has 1 aromatic rings. The quantitative estimate of drug-likeness (QED) is 0.856. The van der Waals surface area contributed by atoms with Gasteiger partial charge in [0.15, 0.2) is 0 Å². The van der Waals surface area contributed by atoms with Crippen molar-refractivity contribution in [2.24, 2.45) is 0 Å². The van der Waals surface area contributed by atoms with E-state index in [1.54, 1.807) is 37.1 Å². The second-order valence-corrected chi connectivity index (χ2v) is 7.38. The van der Waals surface area contributed by atoms with Crippen LogP contribution >= 0.6 is 27.3 Å². The molecule has 19 heavy (non-hydrogen) atoms. The standard InChI is InChI=1S/C13H21BrN2O2S/c1-13(2,18)9-15(3)7-12(17)16(4)6-11-5-10(14)8-19-11/h5,8,18H,6-7,9H2,1-4H3. The minimum atomic E-state index is -0.785. The Morgan fingerprint density at radius 1 is 1.47 bits per heavy atom. The summed E-state index contributed by atoms with van der Waals surface area (Å²) in [4.78, 5) is 16.7. The van der Waals surface area contributed by atoms with Crippen LogP contribution in [0.2, 0.25) is 0 Å². The lowest BCUT2D eigenvalue weighted by atomic mass is 10.1. The largest absolute Gasteiger partial charge is 0.389 e. The monoisotopic (exact) mass is 348 g/mol. The Hall–Kier alpha value is -0.430. The van der Waals surface area contributed by atoms with Gasteiger partial charge in [-0.1, -0.05) is 0 Å². The molecular formula is C13H21BrN2O2S. The number of nitrogens with zero attached hydrogens (tertiary/aromatic N) is 2. The van der Waals surface area contributed by atoms with Crippen molar-refractivity contribution in [1.82, 2.24) is 9.80 Å². The van der Waals surface area contributed by atoms with Gasteiger partial charge in [-0.2, -0.15) is 0 Å². The molecule has 108 valence electrons. The van der Waals surface area contributed by atoms with Gasteiger partial charge in [0.05, 0.1) is 18.7 Å². The van der Waals surface area contributed by atoms with E-state index in [2.05, 4.69) is 15.9 Å². The van der Waals surface area contributed by atoms with Crippen molar-refractivity contribution in [1.29, 1.82) is 0 Å². The smallest absolute Gasteiger partial charge is 0.236 e. The summed E-state index contributed by atoms with van der Waals surface area (Å²) in [5.41, 5.74) is -0.785. The number of carbonyl (C=O) groups is 1. The highest BCUT2D eigenvalue weighted by Gasteiger charge is 2.19. The fraction of sp³-hybridized carbons (Fsp3) is 0.615. The third kappa shape index (κ3) is 6.51. The molecule has 6 heteroatoms. The van der Waals surface area contributed by atoms with Crippen molar-refractivity contribution in [2.75, 3.05) is 27.2 Å². The molecule has 1 amide bonds. The van der Waals surface area contributed by atoms with Crippen LogP contribution in [0, 0.1) is 0 Å². The molecule has 0 spiro atoms. The number of likely N-dealkylation sites (N-methyl/N-ethyl adjacent to an activating group) is 2. The first-order valence-electron chi connectivity index (χ1n) is 6.05. The van der Waals surface area contributed by atoms with Crippen molar-refractivity contribution in [3.8, 4) is 0 Å². The van der Waals surface area contributed by atoms with E-state index in [0.717, 1.165) is 9.35 Å². The number of hydrogen-bond donors (Lipinski definition) is 1. The van der Waals surface area contributed by atoms with Gasteiger partial charge in [-0.25, -0.2) is 0 Å². The molecule has 1 heterocycles. The SMILES string of the molecule is CN(CC(=O)N(C)Cc1cc(Br)cs1)CC(C)(C)O. The predicted molar refractivity (Wildman–Crippen MR) is 82.3 cm³/mol. The molecule has 4 nitrogen and oxygen atoms in total. The summed E-state index contributed by atoms with van der Waals surface area (Å²) < 4.78 is 1.05. The van der Waals surface area contributed by atoms with E-state index in [4.69, 9.17) is 0 Å². The zero-order valence-electron chi connectivity index (χ0n) is 11.8. The van der Waals surface area contributed by atoms with Gasteiger partial charge in [0.2, 0.25) is 5.91 Å². The molecule has 0 saturated carbocycles. The zero-order chi connectivity index (χ0) is 14.6. The topological polar surface area (TPSA) is 43.8 Å². The summed E-state index contributed by atoms with van der Waals surface area (Å²) in [6.07, 6.45) is 0. The number of halogens is 1. The summed E-state index contributed by atoms with van der Waals surface area (Å²) in [5.74, 6) is 0.0521. The molecule has 0 saturated heterocycles. The first kappa shape index (κ1) is 16.6. The normalized spacial score (nSPS) is 11.9. The molecule has 0 aliphatic carbocycles. The highest BCUT2D eigenvalue weighted by Crippen LogP contribution is 2.20. The molecule has 0 aliphatic heterocycles. The maximum absolute atomic E-state index is 12.0. The van der Waals surface area contributed by atoms with E-state index in [9.17, 15) is 9.90 Å². The van der Waals surface area contributed by atoms with Crippen LogP contribution in [-0.4, -0.2) is 53.6 Å². The lowest BCUT2D eigenvalue weighted by molar-refractivity contribution is -0.131. The van der Waals surface area contributed by atoms with E-state index >= 15 is 0 Å². The van der Waals surface area contributed by atoms with E-state index < -0.39 is 5.60 Å². The Morgan fingerprint density at radius 2 is 2.11 bits per heavy atom. The number of amides is 1. The van der Waals surface area contributed by atoms with Gasteiger partial charge in [-0.05, 0) is 42.9 Å². The van der Waals surface area contributed by atoms with Crippen LogP contribution in [0.5, 0.6) is 0 Å². The third-order valence-electron chi connectivity index (χ3n) is 2.50. The summed E-state index contributed by atoms with van der Waals surface area (Å²) in [6.45, 7) is 4.87. The Balaban J connectivity index is 2.44. The van der Waals surface area contributed by atoms with Crippen LogP contribution in [0.25, 0.3) is 0 Å². The second kappa shape index (κ2) is 6.83. The van der Waals surface area contributed by atoms with Gasteiger partial charge in [0.25, 0.3) is 0 Å². The van der Waals surface area contributed by atoms with Crippen LogP contribution in [0.1, 0.15) is 18.7 Å². The Morgan fingerprint density at radius 3 is 2.58 bits per heavy atom. The fourth-order valence-corrected chi connectivity index (χ4v) is 3.33. The van der Waals surface area contributed by atoms with Gasteiger partial charge in [0, 0.05) is 28.3 Å². The lowest BCUT2D eigenvalue weighted by Crippen LogP contribution is -2.42. The van der Waals surface area contributed by atoms with Crippen molar-refractivity contribution in [3.05, 3.63) is 20.8 Å². The number of rotatable bonds is 6. The number of aliphatic hydroxyl groups is 1. The van der Waals surface area contributed by atoms with Gasteiger partial charge in [0.1, 0.15) is 0 Å². The predicted octanol–water partition coefficient (Wildman–Crippen LogP) is 2.17. The Kier molecular flexibility index (Phi) is 5.98. The average Bonchev–Trinajstić information content (AvgIpc) is 2.60.